The van der Waals surface area contributed by atoms with Crippen molar-refractivity contribution in [3.05, 3.63) is 45.1 Å². The van der Waals surface area contributed by atoms with Crippen LogP contribution in [0.25, 0.3) is 22.2 Å². The molecule has 1 aliphatic rings. The van der Waals surface area contributed by atoms with Crippen LogP contribution in [0.5, 0.6) is 0 Å². The number of fused-ring (bicyclic) bond motifs is 2. The van der Waals surface area contributed by atoms with E-state index in [0.717, 1.165) is 16.2 Å². The fourth-order valence-corrected chi connectivity index (χ4v) is 5.08. The maximum absolute atomic E-state index is 12.7. The molecule has 0 aliphatic carbocycles. The topological polar surface area (TPSA) is 148 Å². The van der Waals surface area contributed by atoms with Crippen molar-refractivity contribution >= 4 is 45.8 Å². The van der Waals surface area contributed by atoms with Crippen LogP contribution in [-0.4, -0.2) is 53.8 Å². The third-order valence-electron chi connectivity index (χ3n) is 6.09. The summed E-state index contributed by atoms with van der Waals surface area (Å²) in [6.07, 6.45) is 1.25. The molecule has 172 valence electrons. The molecule has 3 aromatic heterocycles. The van der Waals surface area contributed by atoms with Crippen LogP contribution in [-0.2, 0) is 18.4 Å². The summed E-state index contributed by atoms with van der Waals surface area (Å²) in [7, 11) is 1.59. The van der Waals surface area contributed by atoms with Gasteiger partial charge < -0.3 is 20.2 Å². The van der Waals surface area contributed by atoms with E-state index in [4.69, 9.17) is 5.73 Å². The van der Waals surface area contributed by atoms with Crippen LogP contribution in [0, 0.1) is 5.92 Å². The number of aromatic nitrogens is 6. The summed E-state index contributed by atoms with van der Waals surface area (Å²) in [4.78, 5) is 53.4. The van der Waals surface area contributed by atoms with Gasteiger partial charge in [-0.05, 0) is 25.0 Å². The van der Waals surface area contributed by atoms with Gasteiger partial charge in [0, 0.05) is 38.4 Å². The normalized spacial score (nSPS) is 15.0. The van der Waals surface area contributed by atoms with Crippen LogP contribution in [0.15, 0.2) is 39.0 Å². The van der Waals surface area contributed by atoms with Gasteiger partial charge in [0.25, 0.3) is 5.56 Å². The summed E-state index contributed by atoms with van der Waals surface area (Å²) in [6, 6.07) is 7.83. The van der Waals surface area contributed by atoms with Crippen molar-refractivity contribution in [1.82, 2.24) is 29.1 Å². The summed E-state index contributed by atoms with van der Waals surface area (Å²) in [6.45, 7) is 1.68. The Bertz CT molecular complexity index is 1420. The minimum atomic E-state index is -0.507. The highest BCUT2D eigenvalue weighted by molar-refractivity contribution is 7.99. The molecule has 0 radical (unpaired) electrons. The van der Waals surface area contributed by atoms with Gasteiger partial charge in [-0.15, -0.1) is 0 Å². The number of rotatable bonds is 6. The number of thioether (sulfide) groups is 1. The molecule has 4 N–H and O–H groups in total. The number of para-hydroxylation sites is 2. The first-order valence-corrected chi connectivity index (χ1v) is 11.7. The monoisotopic (exact) mass is 468 g/mol. The second kappa shape index (κ2) is 8.43. The zero-order valence-corrected chi connectivity index (χ0v) is 18.9. The SMILES string of the molecule is Cn1c(=O)[nH]c(=O)c2c1nc(N1CCC(C(N)=O)CC1)n2CCSc1nc2ccccc2[nH]1. The van der Waals surface area contributed by atoms with Gasteiger partial charge in [-0.1, -0.05) is 23.9 Å². The Hall–Kier alpha value is -3.54. The van der Waals surface area contributed by atoms with Crippen molar-refractivity contribution in [2.45, 2.75) is 24.5 Å². The lowest BCUT2D eigenvalue weighted by Gasteiger charge is -2.31. The molecule has 1 fully saturated rings. The molecule has 0 atom stereocenters. The van der Waals surface area contributed by atoms with E-state index in [1.807, 2.05) is 28.8 Å². The first-order valence-electron chi connectivity index (χ1n) is 10.7. The lowest BCUT2D eigenvalue weighted by Crippen LogP contribution is -2.39. The number of hydrogen-bond acceptors (Lipinski definition) is 7. The molecule has 0 spiro atoms. The van der Waals surface area contributed by atoms with Crippen molar-refractivity contribution in [3.63, 3.8) is 0 Å². The van der Waals surface area contributed by atoms with Gasteiger partial charge in [0.05, 0.1) is 11.0 Å². The molecule has 1 amide bonds. The van der Waals surface area contributed by atoms with Gasteiger partial charge in [0.15, 0.2) is 16.3 Å². The Labute approximate surface area is 192 Å². The molecule has 4 heterocycles. The van der Waals surface area contributed by atoms with E-state index in [-0.39, 0.29) is 11.8 Å². The van der Waals surface area contributed by atoms with Crippen LogP contribution in [0.4, 0.5) is 5.95 Å². The van der Waals surface area contributed by atoms with Crippen LogP contribution < -0.4 is 21.9 Å². The third-order valence-corrected chi connectivity index (χ3v) is 6.94. The highest BCUT2D eigenvalue weighted by Gasteiger charge is 2.27. The van der Waals surface area contributed by atoms with Gasteiger partial charge in [-0.25, -0.2) is 9.78 Å². The van der Waals surface area contributed by atoms with Crippen LogP contribution in [0.2, 0.25) is 0 Å². The molecule has 1 aromatic carbocycles. The van der Waals surface area contributed by atoms with Gasteiger partial charge in [0.1, 0.15) is 0 Å². The average molecular weight is 469 g/mol. The number of nitrogens with one attached hydrogen (secondary N) is 2. The fourth-order valence-electron chi connectivity index (χ4n) is 4.27. The molecule has 4 aromatic rings. The Morgan fingerprint density at radius 2 is 1.94 bits per heavy atom. The lowest BCUT2D eigenvalue weighted by molar-refractivity contribution is -0.122. The number of primary amides is 1. The number of piperidine rings is 1. The largest absolute Gasteiger partial charge is 0.369 e. The number of nitrogens with two attached hydrogens (primary N) is 1. The number of amides is 1. The van der Waals surface area contributed by atoms with Crippen LogP contribution in [0.1, 0.15) is 12.8 Å². The van der Waals surface area contributed by atoms with E-state index in [9.17, 15) is 14.4 Å². The minimum Gasteiger partial charge on any atom is -0.369 e. The number of carbonyl (C=O) groups excluding carboxylic acids is 1. The molecule has 0 unspecified atom stereocenters. The second-order valence-electron chi connectivity index (χ2n) is 8.13. The highest BCUT2D eigenvalue weighted by atomic mass is 32.2. The number of nitrogens with zero attached hydrogens (tertiary/aromatic N) is 5. The predicted octanol–water partition coefficient (Wildman–Crippen LogP) is 0.794. The average Bonchev–Trinajstić information content (AvgIpc) is 3.39. The van der Waals surface area contributed by atoms with E-state index in [2.05, 4.69) is 24.8 Å². The molecular formula is C21H24N8O3S. The van der Waals surface area contributed by atoms with Gasteiger partial charge in [-0.2, -0.15) is 4.98 Å². The van der Waals surface area contributed by atoms with Crippen LogP contribution in [0.3, 0.4) is 0 Å². The molecule has 0 bridgehead atoms. The minimum absolute atomic E-state index is 0.157. The van der Waals surface area contributed by atoms with Crippen molar-refractivity contribution in [2.75, 3.05) is 23.7 Å². The summed E-state index contributed by atoms with van der Waals surface area (Å²) in [5, 5.41) is 0.797. The van der Waals surface area contributed by atoms with E-state index in [1.54, 1.807) is 18.8 Å². The molecule has 33 heavy (non-hydrogen) atoms. The third kappa shape index (κ3) is 3.90. The first-order chi connectivity index (χ1) is 15.9. The lowest BCUT2D eigenvalue weighted by atomic mass is 9.96. The number of aromatic amines is 2. The zero-order valence-electron chi connectivity index (χ0n) is 18.1. The summed E-state index contributed by atoms with van der Waals surface area (Å²) in [5.74, 6) is 0.808. The van der Waals surface area contributed by atoms with E-state index in [1.165, 1.54) is 4.57 Å². The molecule has 5 rings (SSSR count). The van der Waals surface area contributed by atoms with Crippen molar-refractivity contribution in [2.24, 2.45) is 18.7 Å². The van der Waals surface area contributed by atoms with Gasteiger partial charge >= 0.3 is 5.69 Å². The maximum atomic E-state index is 12.7. The highest BCUT2D eigenvalue weighted by Crippen LogP contribution is 2.26. The molecule has 1 saturated heterocycles. The number of H-pyrrole nitrogens is 2. The van der Waals surface area contributed by atoms with Gasteiger partial charge in [0.2, 0.25) is 11.9 Å². The maximum Gasteiger partial charge on any atom is 0.329 e. The number of benzene rings is 1. The number of hydrogen-bond donors (Lipinski definition) is 3. The Morgan fingerprint density at radius 1 is 1.18 bits per heavy atom. The van der Waals surface area contributed by atoms with Gasteiger partial charge in [-0.3, -0.25) is 19.1 Å². The van der Waals surface area contributed by atoms with E-state index >= 15 is 0 Å². The standard InChI is InChI=1S/C21H24N8O3S/c1-27-17-15(18(31)26-21(27)32)29(20(25-17)28-8-6-12(7-9-28)16(22)30)10-11-33-19-23-13-4-2-3-5-14(13)24-19/h2-5,12H,6-11H2,1H3,(H2,22,30)(H,23,24)(H,26,31,32). The molecule has 12 heteroatoms. The second-order valence-corrected chi connectivity index (χ2v) is 9.21. The Kier molecular flexibility index (Phi) is 5.44. The van der Waals surface area contributed by atoms with E-state index in [0.29, 0.717) is 55.3 Å². The predicted molar refractivity (Wildman–Crippen MR) is 127 cm³/mol. The number of aryl methyl sites for hydroxylation is 2. The molecule has 0 saturated carbocycles. The van der Waals surface area contributed by atoms with Crippen molar-refractivity contribution in [3.8, 4) is 0 Å². The van der Waals surface area contributed by atoms with E-state index < -0.39 is 11.2 Å². The number of anilines is 1. The Morgan fingerprint density at radius 3 is 2.67 bits per heavy atom. The Balaban J connectivity index is 1.45. The van der Waals surface area contributed by atoms with Crippen molar-refractivity contribution < 1.29 is 4.79 Å². The molecular weight excluding hydrogens is 444 g/mol. The number of imidazole rings is 2. The fraction of sp³-hybridized carbons (Fsp3) is 0.381. The zero-order chi connectivity index (χ0) is 23.1. The summed E-state index contributed by atoms with van der Waals surface area (Å²) >= 11 is 1.55. The van der Waals surface area contributed by atoms with Crippen LogP contribution >= 0.6 is 11.8 Å². The smallest absolute Gasteiger partial charge is 0.329 e. The summed E-state index contributed by atoms with van der Waals surface area (Å²) < 4.78 is 3.20. The molecule has 11 nitrogen and oxygen atoms in total. The quantitative estimate of drug-likeness (QED) is 0.354. The molecule has 1 aliphatic heterocycles. The first kappa shape index (κ1) is 21.3. The van der Waals surface area contributed by atoms with Crippen molar-refractivity contribution in [1.29, 1.82) is 0 Å². The number of carbonyl (C=O) groups is 1. The summed E-state index contributed by atoms with van der Waals surface area (Å²) in [5.41, 5.74) is 7.07.